The lowest BCUT2D eigenvalue weighted by atomic mass is 9.58. The zero-order valence-corrected chi connectivity index (χ0v) is 12.0. The van der Waals surface area contributed by atoms with Crippen molar-refractivity contribution in [1.29, 1.82) is 0 Å². The second kappa shape index (κ2) is 3.32. The molecule has 3 rings (SSSR count). The predicted octanol–water partition coefficient (Wildman–Crippen LogP) is 4.24. The van der Waals surface area contributed by atoms with Crippen LogP contribution in [0.1, 0.15) is 72.1 Å². The van der Waals surface area contributed by atoms with Crippen LogP contribution in [0.15, 0.2) is 0 Å². The van der Waals surface area contributed by atoms with Crippen molar-refractivity contribution in [1.82, 2.24) is 0 Å². The Kier molecular flexibility index (Phi) is 2.30. The lowest BCUT2D eigenvalue weighted by molar-refractivity contribution is -0.150. The van der Waals surface area contributed by atoms with Crippen molar-refractivity contribution in [2.45, 2.75) is 72.1 Å². The highest BCUT2D eigenvalue weighted by molar-refractivity contribution is 5.80. The second-order valence-electron chi connectivity index (χ2n) is 7.32. The van der Waals surface area contributed by atoms with Gasteiger partial charge >= 0.3 is 5.97 Å². The van der Waals surface area contributed by atoms with Gasteiger partial charge in [0.2, 0.25) is 0 Å². The molecule has 2 heteroatoms. The van der Waals surface area contributed by atoms with Crippen LogP contribution in [0.25, 0.3) is 0 Å². The van der Waals surface area contributed by atoms with E-state index >= 15 is 0 Å². The van der Waals surface area contributed by atoms with Crippen molar-refractivity contribution in [2.24, 2.45) is 21.7 Å². The van der Waals surface area contributed by atoms with Gasteiger partial charge in [0.25, 0.3) is 0 Å². The lowest BCUT2D eigenvalue weighted by Crippen LogP contribution is -2.43. The minimum absolute atomic E-state index is 0.173. The number of rotatable bonds is 6. The van der Waals surface area contributed by atoms with Gasteiger partial charge in [-0.3, -0.25) is 4.79 Å². The summed E-state index contributed by atoms with van der Waals surface area (Å²) in [4.78, 5) is 11.7. The third-order valence-corrected chi connectivity index (χ3v) is 7.21. The molecule has 0 saturated heterocycles. The zero-order chi connectivity index (χ0) is 13.2. The Labute approximate surface area is 110 Å². The van der Waals surface area contributed by atoms with E-state index in [1.165, 1.54) is 38.5 Å². The van der Waals surface area contributed by atoms with Gasteiger partial charge in [0.15, 0.2) is 0 Å². The minimum atomic E-state index is -0.499. The number of carboxylic acids is 1. The molecule has 0 spiro atoms. The van der Waals surface area contributed by atoms with E-state index in [1.54, 1.807) is 0 Å². The molecule has 0 bridgehead atoms. The molecule has 18 heavy (non-hydrogen) atoms. The van der Waals surface area contributed by atoms with Gasteiger partial charge in [-0.05, 0) is 54.8 Å². The first-order valence-corrected chi connectivity index (χ1v) is 7.67. The molecule has 102 valence electrons. The summed E-state index contributed by atoms with van der Waals surface area (Å²) >= 11 is 0. The average Bonchev–Trinajstić information content (AvgIpc) is 3.17. The highest BCUT2D eigenvalue weighted by Crippen LogP contribution is 2.87. The quantitative estimate of drug-likeness (QED) is 0.765. The molecule has 0 aromatic rings. The Hall–Kier alpha value is -0.530. The molecule has 0 heterocycles. The van der Waals surface area contributed by atoms with Crippen molar-refractivity contribution < 1.29 is 9.90 Å². The molecule has 0 aromatic carbocycles. The van der Waals surface area contributed by atoms with Crippen LogP contribution in [0.4, 0.5) is 0 Å². The lowest BCUT2D eigenvalue weighted by Gasteiger charge is -2.45. The van der Waals surface area contributed by atoms with Crippen molar-refractivity contribution in [3.8, 4) is 0 Å². The smallest absolute Gasteiger partial charge is 0.310 e. The van der Waals surface area contributed by atoms with E-state index in [4.69, 9.17) is 0 Å². The number of aliphatic carboxylic acids is 1. The Morgan fingerprint density at radius 3 is 1.78 bits per heavy atom. The third kappa shape index (κ3) is 1.13. The van der Waals surface area contributed by atoms with Gasteiger partial charge in [-0.2, -0.15) is 0 Å². The molecule has 2 nitrogen and oxygen atoms in total. The minimum Gasteiger partial charge on any atom is -0.481 e. The molecule has 3 aliphatic carbocycles. The fourth-order valence-corrected chi connectivity index (χ4v) is 5.27. The number of carbonyl (C=O) groups is 1. The third-order valence-electron chi connectivity index (χ3n) is 7.21. The van der Waals surface area contributed by atoms with E-state index < -0.39 is 5.97 Å². The molecule has 3 fully saturated rings. The Bertz CT molecular complexity index is 380. The van der Waals surface area contributed by atoms with Crippen molar-refractivity contribution in [2.75, 3.05) is 0 Å². The predicted molar refractivity (Wildman–Crippen MR) is 71.3 cm³/mol. The van der Waals surface area contributed by atoms with Crippen molar-refractivity contribution >= 4 is 5.97 Å². The van der Waals surface area contributed by atoms with E-state index in [0.717, 1.165) is 12.8 Å². The second-order valence-corrected chi connectivity index (χ2v) is 7.32. The first-order valence-electron chi connectivity index (χ1n) is 7.67. The molecule has 0 aliphatic heterocycles. The first kappa shape index (κ1) is 12.5. The molecule has 3 saturated carbocycles. The highest BCUT2D eigenvalue weighted by atomic mass is 16.4. The van der Waals surface area contributed by atoms with Gasteiger partial charge in [0, 0.05) is 0 Å². The molecule has 1 N–H and O–H groups in total. The van der Waals surface area contributed by atoms with E-state index in [2.05, 4.69) is 20.8 Å². The Morgan fingerprint density at radius 2 is 1.56 bits per heavy atom. The van der Waals surface area contributed by atoms with Crippen LogP contribution in [0.3, 0.4) is 0 Å². The van der Waals surface area contributed by atoms with Gasteiger partial charge in [-0.25, -0.2) is 0 Å². The summed E-state index contributed by atoms with van der Waals surface area (Å²) in [7, 11) is 0. The zero-order valence-electron chi connectivity index (χ0n) is 12.0. The van der Waals surface area contributed by atoms with Gasteiger partial charge in [-0.15, -0.1) is 0 Å². The average molecular weight is 250 g/mol. The summed E-state index contributed by atoms with van der Waals surface area (Å²) < 4.78 is 0. The standard InChI is InChI=1S/C16H26O2/c1-4-13(3,5-2)15(8-9-15)16(10-11-16)14(6-7-14)12(17)18/h4-11H2,1-3H3,(H,17,18). The maximum atomic E-state index is 11.7. The normalized spacial score (nSPS) is 29.7. The Morgan fingerprint density at radius 1 is 1.06 bits per heavy atom. The molecule has 0 unspecified atom stereocenters. The van der Waals surface area contributed by atoms with Gasteiger partial charge in [-0.1, -0.05) is 33.6 Å². The maximum Gasteiger partial charge on any atom is 0.310 e. The van der Waals surface area contributed by atoms with Crippen LogP contribution >= 0.6 is 0 Å². The summed E-state index contributed by atoms with van der Waals surface area (Å²) in [6.45, 7) is 7.00. The molecule has 0 aromatic heterocycles. The number of hydrogen-bond acceptors (Lipinski definition) is 1. The molecule has 3 aliphatic rings. The summed E-state index contributed by atoms with van der Waals surface area (Å²) in [5.41, 5.74) is 0.564. The summed E-state index contributed by atoms with van der Waals surface area (Å²) in [5.74, 6) is -0.499. The van der Waals surface area contributed by atoms with E-state index in [1.807, 2.05) is 0 Å². The SMILES string of the molecule is CCC(C)(CC)C1(C2(C3(C(=O)O)CC3)CC2)CC1. The largest absolute Gasteiger partial charge is 0.481 e. The summed E-state index contributed by atoms with van der Waals surface area (Å²) in [5, 5.41) is 9.68. The van der Waals surface area contributed by atoms with E-state index in [-0.39, 0.29) is 10.8 Å². The topological polar surface area (TPSA) is 37.3 Å². The fourth-order valence-electron chi connectivity index (χ4n) is 5.27. The summed E-state index contributed by atoms with van der Waals surface area (Å²) in [6.07, 6.45) is 9.17. The number of hydrogen-bond donors (Lipinski definition) is 1. The maximum absolute atomic E-state index is 11.7. The van der Waals surface area contributed by atoms with Crippen LogP contribution in [0.2, 0.25) is 0 Å². The molecule has 0 amide bonds. The van der Waals surface area contributed by atoms with Crippen LogP contribution in [0, 0.1) is 21.7 Å². The summed E-state index contributed by atoms with van der Waals surface area (Å²) in [6, 6.07) is 0. The van der Waals surface area contributed by atoms with E-state index in [9.17, 15) is 9.90 Å². The van der Waals surface area contributed by atoms with Gasteiger partial charge in [0.05, 0.1) is 5.41 Å². The monoisotopic (exact) mass is 250 g/mol. The van der Waals surface area contributed by atoms with Crippen molar-refractivity contribution in [3.05, 3.63) is 0 Å². The number of carboxylic acid groups (broad SMARTS) is 1. The van der Waals surface area contributed by atoms with E-state index in [0.29, 0.717) is 10.8 Å². The van der Waals surface area contributed by atoms with Crippen LogP contribution in [0.5, 0.6) is 0 Å². The van der Waals surface area contributed by atoms with Crippen LogP contribution in [-0.4, -0.2) is 11.1 Å². The highest BCUT2D eigenvalue weighted by Gasteiger charge is 2.82. The Balaban J connectivity index is 1.98. The fraction of sp³-hybridized carbons (Fsp3) is 0.938. The van der Waals surface area contributed by atoms with Crippen LogP contribution < -0.4 is 0 Å². The molecular formula is C16H26O2. The van der Waals surface area contributed by atoms with Crippen molar-refractivity contribution in [3.63, 3.8) is 0 Å². The molecular weight excluding hydrogens is 224 g/mol. The van der Waals surface area contributed by atoms with Crippen LogP contribution in [-0.2, 0) is 4.79 Å². The molecule has 0 atom stereocenters. The molecule has 0 radical (unpaired) electrons. The van der Waals surface area contributed by atoms with Gasteiger partial charge < -0.3 is 5.11 Å². The van der Waals surface area contributed by atoms with Gasteiger partial charge in [0.1, 0.15) is 0 Å². The first-order chi connectivity index (χ1) is 8.44.